The molecule has 128 valence electrons. The monoisotopic (exact) mass is 348 g/mol. The van der Waals surface area contributed by atoms with Crippen LogP contribution in [0.15, 0.2) is 60.7 Å². The van der Waals surface area contributed by atoms with Crippen LogP contribution in [0.4, 0.5) is 4.79 Å². The summed E-state index contributed by atoms with van der Waals surface area (Å²) < 4.78 is 31.0. The minimum absolute atomic E-state index is 0.629. The Hall–Kier alpha value is -2.38. The summed E-state index contributed by atoms with van der Waals surface area (Å²) in [5.74, 6) is 0. The second-order valence-corrected chi connectivity index (χ2v) is 7.08. The number of methoxy groups -OCH3 is 1. The molecule has 0 fully saturated rings. The molecule has 0 radical (unpaired) electrons. The molecule has 0 aromatic heterocycles. The molecule has 0 aliphatic rings. The van der Waals surface area contributed by atoms with Crippen molar-refractivity contribution in [3.8, 4) is 0 Å². The predicted octanol–water partition coefficient (Wildman–Crippen LogP) is 2.37. The summed E-state index contributed by atoms with van der Waals surface area (Å²) >= 11 is 0. The van der Waals surface area contributed by atoms with Crippen LogP contribution in [-0.2, 0) is 14.8 Å². The molecule has 0 bridgehead atoms. The molecule has 2 N–H and O–H groups in total. The molecule has 7 heteroatoms. The molecule has 0 aliphatic heterocycles. The zero-order valence-corrected chi connectivity index (χ0v) is 14.3. The van der Waals surface area contributed by atoms with Gasteiger partial charge in [0.25, 0.3) is 0 Å². The summed E-state index contributed by atoms with van der Waals surface area (Å²) in [5, 5.41) is 2.72. The molecule has 0 heterocycles. The lowest BCUT2D eigenvalue weighted by molar-refractivity contribution is 0.164. The van der Waals surface area contributed by atoms with Crippen molar-refractivity contribution in [3.05, 3.63) is 71.8 Å². The van der Waals surface area contributed by atoms with E-state index in [-0.39, 0.29) is 0 Å². The summed E-state index contributed by atoms with van der Waals surface area (Å²) in [6, 6.07) is 16.9. The molecule has 2 atom stereocenters. The van der Waals surface area contributed by atoms with Crippen molar-refractivity contribution in [3.63, 3.8) is 0 Å². The highest BCUT2D eigenvalue weighted by Crippen LogP contribution is 2.29. The van der Waals surface area contributed by atoms with E-state index in [0.29, 0.717) is 0 Å². The maximum absolute atomic E-state index is 11.9. The van der Waals surface area contributed by atoms with Crippen molar-refractivity contribution in [1.82, 2.24) is 10.0 Å². The van der Waals surface area contributed by atoms with Gasteiger partial charge in [0.05, 0.1) is 25.4 Å². The van der Waals surface area contributed by atoms with E-state index < -0.39 is 28.2 Å². The van der Waals surface area contributed by atoms with Gasteiger partial charge in [-0.2, -0.15) is 0 Å². The Bertz CT molecular complexity index is 764. The largest absolute Gasteiger partial charge is 0.453 e. The third-order valence-electron chi connectivity index (χ3n) is 3.45. The minimum atomic E-state index is -3.51. The van der Waals surface area contributed by atoms with Crippen LogP contribution in [0, 0.1) is 0 Å². The van der Waals surface area contributed by atoms with Gasteiger partial charge in [0.1, 0.15) is 0 Å². The summed E-state index contributed by atoms with van der Waals surface area (Å²) in [6.45, 7) is 0. The third kappa shape index (κ3) is 5.07. The van der Waals surface area contributed by atoms with E-state index >= 15 is 0 Å². The first-order valence-corrected chi connectivity index (χ1v) is 9.21. The zero-order chi connectivity index (χ0) is 17.6. The number of hydrogen-bond acceptors (Lipinski definition) is 4. The highest BCUT2D eigenvalue weighted by molar-refractivity contribution is 7.88. The van der Waals surface area contributed by atoms with E-state index in [1.807, 2.05) is 48.5 Å². The van der Waals surface area contributed by atoms with E-state index in [2.05, 4.69) is 10.0 Å². The molecular formula is C17H20N2O4S. The van der Waals surface area contributed by atoms with E-state index in [9.17, 15) is 13.2 Å². The fourth-order valence-corrected chi connectivity index (χ4v) is 3.16. The maximum atomic E-state index is 11.9. The average Bonchev–Trinajstić information content (AvgIpc) is 2.58. The quantitative estimate of drug-likeness (QED) is 0.839. The zero-order valence-electron chi connectivity index (χ0n) is 13.5. The first-order chi connectivity index (χ1) is 11.4. The van der Waals surface area contributed by atoms with Crippen molar-refractivity contribution < 1.29 is 17.9 Å². The van der Waals surface area contributed by atoms with Crippen LogP contribution in [0.2, 0.25) is 0 Å². The number of benzene rings is 2. The molecule has 0 saturated carbocycles. The number of rotatable bonds is 6. The molecule has 1 unspecified atom stereocenters. The number of ether oxygens (including phenoxy) is 1. The van der Waals surface area contributed by atoms with Crippen molar-refractivity contribution in [2.75, 3.05) is 13.4 Å². The van der Waals surface area contributed by atoms with E-state index in [1.54, 1.807) is 12.1 Å². The van der Waals surface area contributed by atoms with Gasteiger partial charge < -0.3 is 10.1 Å². The van der Waals surface area contributed by atoms with Crippen LogP contribution in [0.25, 0.3) is 0 Å². The third-order valence-corrected chi connectivity index (χ3v) is 4.13. The first kappa shape index (κ1) is 18.0. The number of alkyl carbamates (subject to hydrolysis) is 1. The maximum Gasteiger partial charge on any atom is 0.407 e. The average molecular weight is 348 g/mol. The van der Waals surface area contributed by atoms with Crippen LogP contribution in [0.3, 0.4) is 0 Å². The Morgan fingerprint density at radius 2 is 1.38 bits per heavy atom. The SMILES string of the molecule is COC(=O)NC(c1ccccc1)[C@@H](NS(C)(=O)=O)c1ccccc1. The summed E-state index contributed by atoms with van der Waals surface area (Å²) in [6.07, 6.45) is 0.448. The van der Waals surface area contributed by atoms with Crippen molar-refractivity contribution in [1.29, 1.82) is 0 Å². The fraction of sp³-hybridized carbons (Fsp3) is 0.235. The van der Waals surface area contributed by atoms with Crippen LogP contribution in [-0.4, -0.2) is 27.9 Å². The first-order valence-electron chi connectivity index (χ1n) is 7.32. The molecular weight excluding hydrogens is 328 g/mol. The Balaban J connectivity index is 2.49. The summed E-state index contributed by atoms with van der Waals surface area (Å²) in [5.41, 5.74) is 1.49. The molecule has 6 nitrogen and oxygen atoms in total. The van der Waals surface area contributed by atoms with Crippen molar-refractivity contribution in [2.24, 2.45) is 0 Å². The van der Waals surface area contributed by atoms with Crippen molar-refractivity contribution >= 4 is 16.1 Å². The van der Waals surface area contributed by atoms with Crippen LogP contribution in [0.5, 0.6) is 0 Å². The van der Waals surface area contributed by atoms with E-state index in [4.69, 9.17) is 4.74 Å². The Morgan fingerprint density at radius 1 is 0.917 bits per heavy atom. The molecule has 2 aromatic rings. The number of carbonyl (C=O) groups excluding carboxylic acids is 1. The van der Waals surface area contributed by atoms with Gasteiger partial charge in [-0.25, -0.2) is 17.9 Å². The minimum Gasteiger partial charge on any atom is -0.453 e. The van der Waals surface area contributed by atoms with Crippen LogP contribution >= 0.6 is 0 Å². The number of nitrogens with one attached hydrogen (secondary N) is 2. The fourth-order valence-electron chi connectivity index (χ4n) is 2.42. The molecule has 2 rings (SSSR count). The van der Waals surface area contributed by atoms with E-state index in [1.165, 1.54) is 7.11 Å². The van der Waals surface area contributed by atoms with Gasteiger partial charge in [0, 0.05) is 0 Å². The molecule has 2 aromatic carbocycles. The number of amides is 1. The second-order valence-electron chi connectivity index (χ2n) is 5.30. The molecule has 24 heavy (non-hydrogen) atoms. The van der Waals surface area contributed by atoms with Gasteiger partial charge >= 0.3 is 6.09 Å². The molecule has 0 spiro atoms. The van der Waals surface area contributed by atoms with Gasteiger partial charge in [-0.15, -0.1) is 0 Å². The molecule has 0 saturated heterocycles. The second kappa shape index (κ2) is 7.94. The summed E-state index contributed by atoms with van der Waals surface area (Å²) in [4.78, 5) is 11.8. The summed E-state index contributed by atoms with van der Waals surface area (Å²) in [7, 11) is -2.25. The highest BCUT2D eigenvalue weighted by Gasteiger charge is 2.29. The van der Waals surface area contributed by atoms with Crippen LogP contribution in [0.1, 0.15) is 23.2 Å². The number of carbonyl (C=O) groups is 1. The normalized spacial score (nSPS) is 13.8. The predicted molar refractivity (Wildman–Crippen MR) is 91.9 cm³/mol. The molecule has 1 amide bonds. The smallest absolute Gasteiger partial charge is 0.407 e. The van der Waals surface area contributed by atoms with Gasteiger partial charge in [0.2, 0.25) is 10.0 Å². The lowest BCUT2D eigenvalue weighted by Gasteiger charge is -2.28. The van der Waals surface area contributed by atoms with Gasteiger partial charge in [-0.3, -0.25) is 0 Å². The van der Waals surface area contributed by atoms with Gasteiger partial charge in [0.15, 0.2) is 0 Å². The lowest BCUT2D eigenvalue weighted by Crippen LogP contribution is -2.40. The van der Waals surface area contributed by atoms with Gasteiger partial charge in [-0.05, 0) is 11.1 Å². The Morgan fingerprint density at radius 3 is 1.79 bits per heavy atom. The van der Waals surface area contributed by atoms with Crippen molar-refractivity contribution in [2.45, 2.75) is 12.1 Å². The topological polar surface area (TPSA) is 84.5 Å². The Kier molecular flexibility index (Phi) is 5.94. The standard InChI is InChI=1S/C17H20N2O4S/c1-23-17(20)18-15(13-9-5-3-6-10-13)16(19-24(2,21)22)14-11-7-4-8-12-14/h3-12,15-16,19H,1-2H3,(H,18,20)/t15?,16-/m0/s1. The van der Waals surface area contributed by atoms with Gasteiger partial charge in [-0.1, -0.05) is 60.7 Å². The lowest BCUT2D eigenvalue weighted by atomic mass is 9.94. The highest BCUT2D eigenvalue weighted by atomic mass is 32.2. The Labute approximate surface area is 141 Å². The number of hydrogen-bond donors (Lipinski definition) is 2. The number of sulfonamides is 1. The van der Waals surface area contributed by atoms with Crippen LogP contribution < -0.4 is 10.0 Å². The van der Waals surface area contributed by atoms with E-state index in [0.717, 1.165) is 17.4 Å². The molecule has 0 aliphatic carbocycles.